The second-order valence-corrected chi connectivity index (χ2v) is 5.31. The van der Waals surface area contributed by atoms with E-state index in [1.54, 1.807) is 0 Å². The molecule has 0 unspecified atom stereocenters. The first-order chi connectivity index (χ1) is 11.1. The molecule has 0 N–H and O–H groups in total. The van der Waals surface area contributed by atoms with E-state index in [1.807, 2.05) is 55.5 Å². The van der Waals surface area contributed by atoms with Gasteiger partial charge in [-0.2, -0.15) is 0 Å². The maximum absolute atomic E-state index is 11.9. The highest BCUT2D eigenvalue weighted by Gasteiger charge is 2.29. The van der Waals surface area contributed by atoms with Crippen LogP contribution in [0.4, 0.5) is 0 Å². The summed E-state index contributed by atoms with van der Waals surface area (Å²) in [7, 11) is 2.54. The molecule has 0 saturated heterocycles. The fourth-order valence-corrected chi connectivity index (χ4v) is 2.47. The van der Waals surface area contributed by atoms with Crippen molar-refractivity contribution in [3.05, 3.63) is 59.7 Å². The summed E-state index contributed by atoms with van der Waals surface area (Å²) >= 11 is 0. The van der Waals surface area contributed by atoms with Crippen LogP contribution in [-0.4, -0.2) is 26.2 Å². The van der Waals surface area contributed by atoms with Gasteiger partial charge in [0, 0.05) is 0 Å². The van der Waals surface area contributed by atoms with Crippen molar-refractivity contribution in [3.8, 4) is 11.1 Å². The standard InChI is InChI=1S/C19H20O4/c1-13-9-10-15(14-7-5-4-6-8-14)11-16(13)12-17(18(20)22-2)19(21)23-3/h4-11,17H,12H2,1-3H3. The molecule has 0 aliphatic rings. The Balaban J connectivity index is 2.34. The van der Waals surface area contributed by atoms with Crippen molar-refractivity contribution in [3.63, 3.8) is 0 Å². The van der Waals surface area contributed by atoms with Crippen molar-refractivity contribution in [2.24, 2.45) is 5.92 Å². The predicted molar refractivity (Wildman–Crippen MR) is 87.8 cm³/mol. The molecule has 120 valence electrons. The Labute approximate surface area is 136 Å². The largest absolute Gasteiger partial charge is 0.468 e. The molecular formula is C19H20O4. The van der Waals surface area contributed by atoms with Crippen molar-refractivity contribution in [2.45, 2.75) is 13.3 Å². The van der Waals surface area contributed by atoms with Gasteiger partial charge in [-0.05, 0) is 35.6 Å². The number of carbonyl (C=O) groups excluding carboxylic acids is 2. The lowest BCUT2D eigenvalue weighted by Gasteiger charge is -2.15. The van der Waals surface area contributed by atoms with Crippen molar-refractivity contribution in [1.82, 2.24) is 0 Å². The molecule has 4 heteroatoms. The third-order valence-electron chi connectivity index (χ3n) is 3.85. The lowest BCUT2D eigenvalue weighted by molar-refractivity contribution is -0.158. The Morgan fingerprint density at radius 2 is 1.52 bits per heavy atom. The van der Waals surface area contributed by atoms with Crippen molar-refractivity contribution in [1.29, 1.82) is 0 Å². The van der Waals surface area contributed by atoms with Crippen molar-refractivity contribution < 1.29 is 19.1 Å². The molecule has 0 amide bonds. The number of benzene rings is 2. The summed E-state index contributed by atoms with van der Waals surface area (Å²) in [5, 5.41) is 0. The Hall–Kier alpha value is -2.62. The van der Waals surface area contributed by atoms with E-state index >= 15 is 0 Å². The lowest BCUT2D eigenvalue weighted by Crippen LogP contribution is -2.28. The van der Waals surface area contributed by atoms with Gasteiger partial charge in [-0.3, -0.25) is 9.59 Å². The van der Waals surface area contributed by atoms with Gasteiger partial charge in [-0.1, -0.05) is 48.5 Å². The van der Waals surface area contributed by atoms with Crippen LogP contribution in [0.2, 0.25) is 0 Å². The molecule has 0 aliphatic carbocycles. The number of esters is 2. The molecule has 0 aromatic heterocycles. The van der Waals surface area contributed by atoms with Gasteiger partial charge in [0.25, 0.3) is 0 Å². The SMILES string of the molecule is COC(=O)C(Cc1cc(-c2ccccc2)ccc1C)C(=O)OC. The molecule has 0 spiro atoms. The predicted octanol–water partition coefficient (Wildman–Crippen LogP) is 3.17. The summed E-state index contributed by atoms with van der Waals surface area (Å²) in [6.45, 7) is 1.95. The number of ether oxygens (including phenoxy) is 2. The molecular weight excluding hydrogens is 292 g/mol. The minimum atomic E-state index is -0.949. The van der Waals surface area contributed by atoms with E-state index in [0.717, 1.165) is 22.3 Å². The van der Waals surface area contributed by atoms with Gasteiger partial charge in [0.15, 0.2) is 5.92 Å². The summed E-state index contributed by atoms with van der Waals surface area (Å²) in [4.78, 5) is 23.7. The van der Waals surface area contributed by atoms with Crippen LogP contribution < -0.4 is 0 Å². The highest BCUT2D eigenvalue weighted by atomic mass is 16.5. The van der Waals surface area contributed by atoms with Crippen LogP contribution >= 0.6 is 0 Å². The van der Waals surface area contributed by atoms with E-state index in [1.165, 1.54) is 14.2 Å². The zero-order valence-electron chi connectivity index (χ0n) is 13.5. The molecule has 0 aliphatic heterocycles. The topological polar surface area (TPSA) is 52.6 Å². The molecule has 0 saturated carbocycles. The Morgan fingerprint density at radius 1 is 0.913 bits per heavy atom. The molecule has 0 fully saturated rings. The number of aryl methyl sites for hydroxylation is 1. The summed E-state index contributed by atoms with van der Waals surface area (Å²) in [6.07, 6.45) is 0.256. The van der Waals surface area contributed by atoms with Crippen LogP contribution in [0.25, 0.3) is 11.1 Å². The average Bonchev–Trinajstić information content (AvgIpc) is 2.60. The quantitative estimate of drug-likeness (QED) is 0.628. The van der Waals surface area contributed by atoms with Crippen molar-refractivity contribution in [2.75, 3.05) is 14.2 Å². The summed E-state index contributed by atoms with van der Waals surface area (Å²) in [5.41, 5.74) is 4.07. The Bertz CT molecular complexity index is 676. The number of hydrogen-bond donors (Lipinski definition) is 0. The van der Waals surface area contributed by atoms with Crippen LogP contribution in [0.5, 0.6) is 0 Å². The number of hydrogen-bond acceptors (Lipinski definition) is 4. The average molecular weight is 312 g/mol. The van der Waals surface area contributed by atoms with Gasteiger partial charge in [0.05, 0.1) is 14.2 Å². The molecule has 0 bridgehead atoms. The summed E-state index contributed by atoms with van der Waals surface area (Å²) in [6, 6.07) is 16.0. The molecule has 0 atom stereocenters. The van der Waals surface area contributed by atoms with Gasteiger partial charge in [0.1, 0.15) is 0 Å². The highest BCUT2D eigenvalue weighted by Crippen LogP contribution is 2.24. The van der Waals surface area contributed by atoms with Gasteiger partial charge in [0.2, 0.25) is 0 Å². The third kappa shape index (κ3) is 3.97. The minimum Gasteiger partial charge on any atom is -0.468 e. The van der Waals surface area contributed by atoms with E-state index in [9.17, 15) is 9.59 Å². The normalized spacial score (nSPS) is 10.4. The minimum absolute atomic E-state index is 0.256. The van der Waals surface area contributed by atoms with E-state index in [0.29, 0.717) is 0 Å². The second kappa shape index (κ2) is 7.58. The number of carbonyl (C=O) groups is 2. The fraction of sp³-hybridized carbons (Fsp3) is 0.263. The van der Waals surface area contributed by atoms with Gasteiger partial charge in [-0.25, -0.2) is 0 Å². The maximum atomic E-state index is 11.9. The van der Waals surface area contributed by atoms with E-state index in [2.05, 4.69) is 0 Å². The first-order valence-electron chi connectivity index (χ1n) is 7.37. The summed E-state index contributed by atoms with van der Waals surface area (Å²) in [5.74, 6) is -2.11. The van der Waals surface area contributed by atoms with Crippen LogP contribution in [0, 0.1) is 12.8 Å². The maximum Gasteiger partial charge on any atom is 0.320 e. The molecule has 0 heterocycles. The van der Waals surface area contributed by atoms with Crippen LogP contribution in [0.15, 0.2) is 48.5 Å². The van der Waals surface area contributed by atoms with E-state index < -0.39 is 17.9 Å². The third-order valence-corrected chi connectivity index (χ3v) is 3.85. The zero-order valence-corrected chi connectivity index (χ0v) is 13.5. The molecule has 0 radical (unpaired) electrons. The van der Waals surface area contributed by atoms with Gasteiger partial charge in [-0.15, -0.1) is 0 Å². The lowest BCUT2D eigenvalue weighted by atomic mass is 9.93. The molecule has 2 rings (SSSR count). The van der Waals surface area contributed by atoms with E-state index in [4.69, 9.17) is 9.47 Å². The van der Waals surface area contributed by atoms with E-state index in [-0.39, 0.29) is 6.42 Å². The van der Waals surface area contributed by atoms with Gasteiger partial charge >= 0.3 is 11.9 Å². The Kier molecular flexibility index (Phi) is 5.52. The Morgan fingerprint density at radius 3 is 2.09 bits per heavy atom. The summed E-state index contributed by atoms with van der Waals surface area (Å²) < 4.78 is 9.45. The molecule has 2 aromatic carbocycles. The highest BCUT2D eigenvalue weighted by molar-refractivity contribution is 5.95. The molecule has 4 nitrogen and oxygen atoms in total. The van der Waals surface area contributed by atoms with Crippen LogP contribution in [0.1, 0.15) is 11.1 Å². The zero-order chi connectivity index (χ0) is 16.8. The fourth-order valence-electron chi connectivity index (χ4n) is 2.47. The van der Waals surface area contributed by atoms with Crippen LogP contribution in [0.3, 0.4) is 0 Å². The first-order valence-corrected chi connectivity index (χ1v) is 7.37. The van der Waals surface area contributed by atoms with Crippen molar-refractivity contribution >= 4 is 11.9 Å². The number of methoxy groups -OCH3 is 2. The molecule has 2 aromatic rings. The smallest absolute Gasteiger partial charge is 0.320 e. The monoisotopic (exact) mass is 312 g/mol. The second-order valence-electron chi connectivity index (χ2n) is 5.31. The first kappa shape index (κ1) is 16.7. The van der Waals surface area contributed by atoms with Gasteiger partial charge < -0.3 is 9.47 Å². The number of rotatable bonds is 5. The van der Waals surface area contributed by atoms with Crippen LogP contribution in [-0.2, 0) is 25.5 Å². The molecule has 23 heavy (non-hydrogen) atoms.